The molecule has 0 saturated heterocycles. The summed E-state index contributed by atoms with van der Waals surface area (Å²) in [6, 6.07) is 13.3. The Hall–Kier alpha value is -3.15. The van der Waals surface area contributed by atoms with Crippen LogP contribution < -0.4 is 10.1 Å². The monoisotopic (exact) mass is 353 g/mol. The summed E-state index contributed by atoms with van der Waals surface area (Å²) in [5.41, 5.74) is 2.54. The van der Waals surface area contributed by atoms with E-state index in [2.05, 4.69) is 10.4 Å². The average Bonchev–Trinajstić information content (AvgIpc) is 3.08. The number of nitrogens with zero attached hydrogens (tertiary/aromatic N) is 2. The lowest BCUT2D eigenvalue weighted by Gasteiger charge is -2.12. The molecule has 2 aromatic carbocycles. The molecule has 0 unspecified atom stereocenters. The van der Waals surface area contributed by atoms with Gasteiger partial charge in [0.15, 0.2) is 0 Å². The number of amides is 1. The van der Waals surface area contributed by atoms with Gasteiger partial charge < -0.3 is 10.1 Å². The Balaban J connectivity index is 1.90. The lowest BCUT2D eigenvalue weighted by Crippen LogP contribution is -2.15. The van der Waals surface area contributed by atoms with Gasteiger partial charge in [0, 0.05) is 0 Å². The Labute approximate surface area is 151 Å². The Bertz CT molecular complexity index is 904. The molecule has 1 amide bonds. The Morgan fingerprint density at radius 1 is 1.15 bits per heavy atom. The molecule has 134 valence electrons. The van der Waals surface area contributed by atoms with Gasteiger partial charge in [-0.2, -0.15) is 5.10 Å². The van der Waals surface area contributed by atoms with Crippen molar-refractivity contribution in [3.63, 3.8) is 0 Å². The zero-order valence-electron chi connectivity index (χ0n) is 14.7. The molecular weight excluding hydrogens is 333 g/mol. The van der Waals surface area contributed by atoms with Crippen LogP contribution in [0.4, 0.5) is 10.1 Å². The van der Waals surface area contributed by atoms with Crippen LogP contribution in [-0.2, 0) is 6.42 Å². The average molecular weight is 353 g/mol. The van der Waals surface area contributed by atoms with Crippen molar-refractivity contribution in [1.82, 2.24) is 9.78 Å². The fourth-order valence-electron chi connectivity index (χ4n) is 2.75. The summed E-state index contributed by atoms with van der Waals surface area (Å²) >= 11 is 0. The molecule has 1 heterocycles. The van der Waals surface area contributed by atoms with Crippen molar-refractivity contribution in [3.05, 3.63) is 71.8 Å². The zero-order valence-corrected chi connectivity index (χ0v) is 14.7. The number of carbonyl (C=O) groups excluding carboxylic acids is 1. The minimum atomic E-state index is -0.315. The third-order valence-electron chi connectivity index (χ3n) is 3.95. The van der Waals surface area contributed by atoms with Crippen molar-refractivity contribution in [2.75, 3.05) is 11.9 Å². The summed E-state index contributed by atoms with van der Waals surface area (Å²) in [6.07, 6.45) is 2.13. The Morgan fingerprint density at radius 2 is 1.88 bits per heavy atom. The highest BCUT2D eigenvalue weighted by molar-refractivity contribution is 6.05. The van der Waals surface area contributed by atoms with Crippen LogP contribution in [-0.4, -0.2) is 22.3 Å². The van der Waals surface area contributed by atoms with Crippen molar-refractivity contribution >= 4 is 11.6 Å². The fourth-order valence-corrected chi connectivity index (χ4v) is 2.75. The van der Waals surface area contributed by atoms with Gasteiger partial charge in [0.2, 0.25) is 0 Å². The molecule has 0 atom stereocenters. The van der Waals surface area contributed by atoms with E-state index in [1.807, 2.05) is 32.0 Å². The van der Waals surface area contributed by atoms with Crippen LogP contribution in [0.15, 0.2) is 54.7 Å². The molecule has 0 bridgehead atoms. The second-order valence-electron chi connectivity index (χ2n) is 5.63. The molecule has 0 aliphatic heterocycles. The van der Waals surface area contributed by atoms with Crippen LogP contribution in [0, 0.1) is 5.82 Å². The van der Waals surface area contributed by atoms with Gasteiger partial charge in [-0.15, -0.1) is 0 Å². The highest BCUT2D eigenvalue weighted by atomic mass is 19.1. The number of aromatic nitrogens is 2. The van der Waals surface area contributed by atoms with E-state index in [0.717, 1.165) is 5.69 Å². The van der Waals surface area contributed by atoms with Gasteiger partial charge in [-0.25, -0.2) is 9.07 Å². The third-order valence-corrected chi connectivity index (χ3v) is 3.95. The first kappa shape index (κ1) is 17.7. The predicted molar refractivity (Wildman–Crippen MR) is 98.5 cm³/mol. The van der Waals surface area contributed by atoms with Crippen LogP contribution in [0.3, 0.4) is 0 Å². The maximum atomic E-state index is 13.2. The van der Waals surface area contributed by atoms with E-state index in [1.54, 1.807) is 22.9 Å². The van der Waals surface area contributed by atoms with Crippen molar-refractivity contribution in [2.45, 2.75) is 20.3 Å². The van der Waals surface area contributed by atoms with Crippen molar-refractivity contribution in [3.8, 4) is 11.4 Å². The molecule has 0 fully saturated rings. The lowest BCUT2D eigenvalue weighted by molar-refractivity contribution is 0.102. The molecule has 6 heteroatoms. The van der Waals surface area contributed by atoms with E-state index >= 15 is 0 Å². The van der Waals surface area contributed by atoms with Gasteiger partial charge in [-0.1, -0.05) is 19.1 Å². The lowest BCUT2D eigenvalue weighted by atomic mass is 10.1. The molecule has 0 aliphatic carbocycles. The highest BCUT2D eigenvalue weighted by Gasteiger charge is 2.18. The Morgan fingerprint density at radius 3 is 2.58 bits per heavy atom. The second kappa shape index (κ2) is 7.82. The molecule has 3 rings (SSSR count). The van der Waals surface area contributed by atoms with E-state index in [-0.39, 0.29) is 11.7 Å². The maximum Gasteiger partial charge on any atom is 0.259 e. The van der Waals surface area contributed by atoms with Crippen LogP contribution in [0.1, 0.15) is 29.9 Å². The number of carbonyl (C=O) groups is 1. The zero-order chi connectivity index (χ0) is 18.5. The molecular formula is C20H20FN3O2. The Kier molecular flexibility index (Phi) is 5.31. The minimum absolute atomic E-state index is 0.262. The van der Waals surface area contributed by atoms with Gasteiger partial charge in [-0.05, 0) is 49.7 Å². The van der Waals surface area contributed by atoms with Crippen LogP contribution in [0.2, 0.25) is 0 Å². The molecule has 26 heavy (non-hydrogen) atoms. The fraction of sp³-hybridized carbons (Fsp3) is 0.200. The molecule has 0 saturated carbocycles. The van der Waals surface area contributed by atoms with Crippen LogP contribution in [0.25, 0.3) is 5.69 Å². The number of halogens is 1. The van der Waals surface area contributed by atoms with Gasteiger partial charge in [0.25, 0.3) is 5.91 Å². The maximum absolute atomic E-state index is 13.2. The standard InChI is InChI=1S/C20H20FN3O2/c1-3-18-16(13-22-24(18)15-11-9-14(21)10-12-15)20(25)23-17-7-5-6-8-19(17)26-4-2/h5-13H,3-4H2,1-2H3,(H,23,25). The smallest absolute Gasteiger partial charge is 0.259 e. The number of para-hydroxylation sites is 2. The third kappa shape index (κ3) is 3.59. The molecule has 0 radical (unpaired) electrons. The SMILES string of the molecule is CCOc1ccccc1NC(=O)c1cnn(-c2ccc(F)cc2)c1CC. The van der Waals surface area contributed by atoms with E-state index in [9.17, 15) is 9.18 Å². The largest absolute Gasteiger partial charge is 0.492 e. The topological polar surface area (TPSA) is 56.1 Å². The molecule has 0 aliphatic rings. The number of rotatable bonds is 6. The van der Waals surface area contributed by atoms with Crippen molar-refractivity contribution in [1.29, 1.82) is 0 Å². The molecule has 1 N–H and O–H groups in total. The summed E-state index contributed by atoms with van der Waals surface area (Å²) in [7, 11) is 0. The molecule has 1 aromatic heterocycles. The molecule has 5 nitrogen and oxygen atoms in total. The number of ether oxygens (including phenoxy) is 1. The quantitative estimate of drug-likeness (QED) is 0.722. The van der Waals surface area contributed by atoms with E-state index in [4.69, 9.17) is 4.74 Å². The van der Waals surface area contributed by atoms with Crippen molar-refractivity contribution in [2.24, 2.45) is 0 Å². The second-order valence-corrected chi connectivity index (χ2v) is 5.63. The predicted octanol–water partition coefficient (Wildman–Crippen LogP) is 4.22. The highest BCUT2D eigenvalue weighted by Crippen LogP contribution is 2.25. The summed E-state index contributed by atoms with van der Waals surface area (Å²) in [5, 5.41) is 7.19. The van der Waals surface area contributed by atoms with Gasteiger partial charge in [0.1, 0.15) is 11.6 Å². The molecule has 3 aromatic rings. The number of nitrogens with one attached hydrogen (secondary N) is 1. The molecule has 0 spiro atoms. The van der Waals surface area contributed by atoms with E-state index in [0.29, 0.717) is 35.7 Å². The number of hydrogen-bond acceptors (Lipinski definition) is 3. The van der Waals surface area contributed by atoms with Gasteiger partial charge >= 0.3 is 0 Å². The first-order valence-corrected chi connectivity index (χ1v) is 8.50. The summed E-state index contributed by atoms with van der Waals surface area (Å²) < 4.78 is 20.4. The van der Waals surface area contributed by atoms with Crippen LogP contribution >= 0.6 is 0 Å². The number of benzene rings is 2. The van der Waals surface area contributed by atoms with E-state index in [1.165, 1.54) is 18.3 Å². The van der Waals surface area contributed by atoms with Crippen molar-refractivity contribution < 1.29 is 13.9 Å². The first-order chi connectivity index (χ1) is 12.6. The van der Waals surface area contributed by atoms with Gasteiger partial charge in [-0.3, -0.25) is 4.79 Å². The van der Waals surface area contributed by atoms with E-state index < -0.39 is 0 Å². The first-order valence-electron chi connectivity index (χ1n) is 8.50. The summed E-state index contributed by atoms with van der Waals surface area (Å²) in [6.45, 7) is 4.35. The summed E-state index contributed by atoms with van der Waals surface area (Å²) in [4.78, 5) is 12.8. The van der Waals surface area contributed by atoms with Crippen LogP contribution in [0.5, 0.6) is 5.75 Å². The number of anilines is 1. The number of hydrogen-bond donors (Lipinski definition) is 1. The summed E-state index contributed by atoms with van der Waals surface area (Å²) in [5.74, 6) is 0.0409. The minimum Gasteiger partial charge on any atom is -0.492 e. The normalized spacial score (nSPS) is 10.6. The van der Waals surface area contributed by atoms with Gasteiger partial charge in [0.05, 0.1) is 35.4 Å².